The maximum atomic E-state index is 12.5. The van der Waals surface area contributed by atoms with Crippen LogP contribution in [-0.4, -0.2) is 18.1 Å². The smallest absolute Gasteiger partial charge is 0.373 e. The minimum atomic E-state index is -4.40. The number of pyridine rings is 1. The topological polar surface area (TPSA) is 34.1 Å². The van der Waals surface area contributed by atoms with Crippen LogP contribution >= 0.6 is 0 Å². The van der Waals surface area contributed by atoms with Gasteiger partial charge in [-0.1, -0.05) is 13.0 Å². The summed E-state index contributed by atoms with van der Waals surface area (Å²) in [6, 6.07) is 2.44. The number of hydrogen-bond acceptors (Lipinski definition) is 3. The number of fused-ring (bicyclic) bond motifs is 1. The van der Waals surface area contributed by atoms with Gasteiger partial charge < -0.3 is 10.1 Å². The predicted molar refractivity (Wildman–Crippen MR) is 55.3 cm³/mol. The molecule has 3 nitrogen and oxygen atoms in total. The average molecular weight is 246 g/mol. The molecule has 0 fully saturated rings. The van der Waals surface area contributed by atoms with Gasteiger partial charge in [0.25, 0.3) is 0 Å². The fourth-order valence-electron chi connectivity index (χ4n) is 1.88. The van der Waals surface area contributed by atoms with Crippen molar-refractivity contribution < 1.29 is 17.9 Å². The number of nitrogens with one attached hydrogen (secondary N) is 1. The molecule has 1 atom stereocenters. The van der Waals surface area contributed by atoms with Gasteiger partial charge in [-0.15, -0.1) is 0 Å². The second-order valence-corrected chi connectivity index (χ2v) is 3.86. The summed E-state index contributed by atoms with van der Waals surface area (Å²) >= 11 is 0. The highest BCUT2D eigenvalue weighted by Crippen LogP contribution is 2.31. The first kappa shape index (κ1) is 12.3. The highest BCUT2D eigenvalue weighted by atomic mass is 19.4. The molecule has 0 bridgehead atoms. The molecule has 0 saturated heterocycles. The maximum Gasteiger partial charge on any atom is 0.433 e. The van der Waals surface area contributed by atoms with Crippen molar-refractivity contribution in [2.45, 2.75) is 25.7 Å². The molecule has 1 aromatic heterocycles. The van der Waals surface area contributed by atoms with Gasteiger partial charge in [0.2, 0.25) is 0 Å². The van der Waals surface area contributed by atoms with Crippen molar-refractivity contribution in [3.05, 3.63) is 29.1 Å². The summed E-state index contributed by atoms with van der Waals surface area (Å²) in [6.45, 7) is 3.27. The lowest BCUT2D eigenvalue weighted by Gasteiger charge is -2.26. The quantitative estimate of drug-likeness (QED) is 0.869. The SMILES string of the molecule is CCN[C@@H]1COCc2nc(C(F)(F)F)ccc21. The number of rotatable bonds is 2. The molecule has 1 aromatic rings. The molecule has 0 spiro atoms. The molecule has 0 saturated carbocycles. The Bertz CT molecular complexity index is 406. The van der Waals surface area contributed by atoms with Gasteiger partial charge in [-0.25, -0.2) is 4.98 Å². The van der Waals surface area contributed by atoms with Crippen molar-refractivity contribution in [3.8, 4) is 0 Å². The van der Waals surface area contributed by atoms with E-state index >= 15 is 0 Å². The molecular weight excluding hydrogens is 233 g/mol. The van der Waals surface area contributed by atoms with Crippen LogP contribution in [0, 0.1) is 0 Å². The van der Waals surface area contributed by atoms with Crippen LogP contribution < -0.4 is 5.32 Å². The fraction of sp³-hybridized carbons (Fsp3) is 0.545. The largest absolute Gasteiger partial charge is 0.433 e. The first-order valence-electron chi connectivity index (χ1n) is 5.40. The number of hydrogen-bond donors (Lipinski definition) is 1. The van der Waals surface area contributed by atoms with Crippen LogP contribution in [0.25, 0.3) is 0 Å². The summed E-state index contributed by atoms with van der Waals surface area (Å²) in [7, 11) is 0. The molecule has 6 heteroatoms. The van der Waals surface area contributed by atoms with Crippen molar-refractivity contribution in [2.24, 2.45) is 0 Å². The van der Waals surface area contributed by atoms with Crippen molar-refractivity contribution in [2.75, 3.05) is 13.2 Å². The van der Waals surface area contributed by atoms with Crippen LogP contribution in [0.15, 0.2) is 12.1 Å². The van der Waals surface area contributed by atoms with E-state index in [0.717, 1.165) is 18.2 Å². The van der Waals surface area contributed by atoms with Crippen LogP contribution in [0.2, 0.25) is 0 Å². The number of alkyl halides is 3. The van der Waals surface area contributed by atoms with Gasteiger partial charge in [-0.3, -0.25) is 0 Å². The zero-order valence-corrected chi connectivity index (χ0v) is 9.34. The molecule has 2 heterocycles. The number of nitrogens with zero attached hydrogens (tertiary/aromatic N) is 1. The molecule has 0 radical (unpaired) electrons. The average Bonchev–Trinajstić information content (AvgIpc) is 2.28. The Hall–Kier alpha value is -1.14. The maximum absolute atomic E-state index is 12.5. The van der Waals surface area contributed by atoms with Gasteiger partial charge in [0.15, 0.2) is 0 Å². The minimum Gasteiger partial charge on any atom is -0.373 e. The van der Waals surface area contributed by atoms with E-state index in [4.69, 9.17) is 4.74 Å². The molecule has 1 aliphatic rings. The lowest BCUT2D eigenvalue weighted by Crippen LogP contribution is -2.30. The van der Waals surface area contributed by atoms with Gasteiger partial charge in [-0.05, 0) is 18.2 Å². The summed E-state index contributed by atoms with van der Waals surface area (Å²) in [6.07, 6.45) is -4.40. The van der Waals surface area contributed by atoms with Crippen molar-refractivity contribution in [1.82, 2.24) is 10.3 Å². The predicted octanol–water partition coefficient (Wildman–Crippen LogP) is 2.28. The Balaban J connectivity index is 2.33. The Morgan fingerprint density at radius 2 is 2.24 bits per heavy atom. The number of ether oxygens (including phenoxy) is 1. The Labute approximate surface area is 97.0 Å². The second kappa shape index (κ2) is 4.62. The van der Waals surface area contributed by atoms with Crippen LogP contribution in [-0.2, 0) is 17.5 Å². The molecule has 94 valence electrons. The highest BCUT2D eigenvalue weighted by Gasteiger charge is 2.34. The molecule has 0 unspecified atom stereocenters. The van der Waals surface area contributed by atoms with Crippen LogP contribution in [0.1, 0.15) is 29.9 Å². The van der Waals surface area contributed by atoms with E-state index in [1.807, 2.05) is 6.92 Å². The third kappa shape index (κ3) is 2.58. The van der Waals surface area contributed by atoms with Crippen LogP contribution in [0.4, 0.5) is 13.2 Å². The van der Waals surface area contributed by atoms with Gasteiger partial charge in [0, 0.05) is 0 Å². The van der Waals surface area contributed by atoms with Gasteiger partial charge in [0.05, 0.1) is 24.9 Å². The third-order valence-corrected chi connectivity index (χ3v) is 2.65. The molecule has 0 aliphatic carbocycles. The Morgan fingerprint density at radius 1 is 1.47 bits per heavy atom. The monoisotopic (exact) mass is 246 g/mol. The van der Waals surface area contributed by atoms with Crippen molar-refractivity contribution in [1.29, 1.82) is 0 Å². The lowest BCUT2D eigenvalue weighted by molar-refractivity contribution is -0.141. The summed E-state index contributed by atoms with van der Waals surface area (Å²) in [5.74, 6) is 0. The summed E-state index contributed by atoms with van der Waals surface area (Å²) in [4.78, 5) is 3.63. The number of likely N-dealkylation sites (N-methyl/N-ethyl adjacent to an activating group) is 1. The number of halogens is 3. The first-order chi connectivity index (χ1) is 8.02. The third-order valence-electron chi connectivity index (χ3n) is 2.65. The van der Waals surface area contributed by atoms with Gasteiger partial charge in [-0.2, -0.15) is 13.2 Å². The van der Waals surface area contributed by atoms with Crippen LogP contribution in [0.3, 0.4) is 0 Å². The Morgan fingerprint density at radius 3 is 2.88 bits per heavy atom. The molecule has 0 amide bonds. The summed E-state index contributed by atoms with van der Waals surface area (Å²) in [5, 5.41) is 3.15. The summed E-state index contributed by atoms with van der Waals surface area (Å²) < 4.78 is 42.7. The molecule has 2 rings (SSSR count). The van der Waals surface area contributed by atoms with E-state index in [1.54, 1.807) is 0 Å². The zero-order valence-electron chi connectivity index (χ0n) is 9.34. The van der Waals surface area contributed by atoms with Gasteiger partial charge >= 0.3 is 6.18 Å². The van der Waals surface area contributed by atoms with E-state index < -0.39 is 11.9 Å². The standard InChI is InChI=1S/C11H13F3N2O/c1-2-15-8-5-17-6-9-7(8)3-4-10(16-9)11(12,13)14/h3-4,8,15H,2,5-6H2,1H3/t8-/m1/s1. The molecular formula is C11H13F3N2O. The fourth-order valence-corrected chi connectivity index (χ4v) is 1.88. The molecule has 0 aromatic carbocycles. The van der Waals surface area contributed by atoms with Crippen LogP contribution in [0.5, 0.6) is 0 Å². The normalized spacial score (nSPS) is 20.1. The summed E-state index contributed by atoms with van der Waals surface area (Å²) in [5.41, 5.74) is 0.306. The van der Waals surface area contributed by atoms with E-state index in [1.165, 1.54) is 6.07 Å². The van der Waals surface area contributed by atoms with Crippen molar-refractivity contribution in [3.63, 3.8) is 0 Å². The van der Waals surface area contributed by atoms with E-state index in [9.17, 15) is 13.2 Å². The second-order valence-electron chi connectivity index (χ2n) is 3.86. The lowest BCUT2D eigenvalue weighted by atomic mass is 10.0. The van der Waals surface area contributed by atoms with E-state index in [2.05, 4.69) is 10.3 Å². The highest BCUT2D eigenvalue weighted by molar-refractivity contribution is 5.28. The molecule has 17 heavy (non-hydrogen) atoms. The minimum absolute atomic E-state index is 0.0708. The Kier molecular flexibility index (Phi) is 3.35. The molecule has 1 aliphatic heterocycles. The van der Waals surface area contributed by atoms with E-state index in [0.29, 0.717) is 12.3 Å². The molecule has 1 N–H and O–H groups in total. The first-order valence-corrected chi connectivity index (χ1v) is 5.40. The van der Waals surface area contributed by atoms with Gasteiger partial charge in [0.1, 0.15) is 5.69 Å². The number of aromatic nitrogens is 1. The van der Waals surface area contributed by atoms with Crippen molar-refractivity contribution >= 4 is 0 Å². The van der Waals surface area contributed by atoms with E-state index in [-0.39, 0.29) is 12.6 Å². The zero-order chi connectivity index (χ0) is 12.5.